The highest BCUT2D eigenvalue weighted by molar-refractivity contribution is 7.15. The molecule has 0 aliphatic carbocycles. The van der Waals surface area contributed by atoms with Gasteiger partial charge in [-0.25, -0.2) is 4.68 Å². The molecule has 1 unspecified atom stereocenters. The molecular weight excluding hydrogens is 356 g/mol. The fraction of sp³-hybridized carbons (Fsp3) is 0.375. The molecule has 1 amide bonds. The number of hydrogen-bond donors (Lipinski definition) is 1. The van der Waals surface area contributed by atoms with Crippen LogP contribution >= 0.6 is 11.3 Å². The first-order valence-corrected chi connectivity index (χ1v) is 9.10. The Bertz CT molecular complexity index is 995. The quantitative estimate of drug-likeness (QED) is 0.722. The SMILES string of the molecule is O=C(CCn1nnc2ccccc2c1=O)Nc1nnc(C2CCCO2)s1. The van der Waals surface area contributed by atoms with E-state index in [1.165, 1.54) is 16.0 Å². The van der Waals surface area contributed by atoms with Gasteiger partial charge >= 0.3 is 0 Å². The third-order valence-electron chi connectivity index (χ3n) is 4.07. The largest absolute Gasteiger partial charge is 0.371 e. The minimum atomic E-state index is -0.264. The smallest absolute Gasteiger partial charge is 0.277 e. The van der Waals surface area contributed by atoms with Gasteiger partial charge in [-0.2, -0.15) is 0 Å². The van der Waals surface area contributed by atoms with Crippen molar-refractivity contribution in [3.63, 3.8) is 0 Å². The molecule has 3 aromatic rings. The number of aryl methyl sites for hydroxylation is 1. The Morgan fingerprint density at radius 3 is 3.04 bits per heavy atom. The summed E-state index contributed by atoms with van der Waals surface area (Å²) in [7, 11) is 0. The molecule has 26 heavy (non-hydrogen) atoms. The van der Waals surface area contributed by atoms with E-state index in [9.17, 15) is 9.59 Å². The fourth-order valence-corrected chi connectivity index (χ4v) is 3.59. The molecule has 134 valence electrons. The molecule has 0 saturated carbocycles. The predicted molar refractivity (Wildman–Crippen MR) is 94.9 cm³/mol. The van der Waals surface area contributed by atoms with Crippen LogP contribution in [0.15, 0.2) is 29.1 Å². The normalized spacial score (nSPS) is 16.8. The standard InChI is InChI=1S/C16H16N6O3S/c23-13(17-16-20-19-14(26-16)12-6-3-9-25-12)7-8-22-15(24)10-4-1-2-5-11(10)18-21-22/h1-2,4-5,12H,3,6-9H2,(H,17,20,23). The van der Waals surface area contributed by atoms with E-state index >= 15 is 0 Å². The number of nitrogens with zero attached hydrogens (tertiary/aromatic N) is 5. The van der Waals surface area contributed by atoms with Crippen molar-refractivity contribution >= 4 is 33.3 Å². The summed E-state index contributed by atoms with van der Waals surface area (Å²) in [5.74, 6) is -0.262. The molecule has 0 bridgehead atoms. The Balaban J connectivity index is 1.38. The summed E-state index contributed by atoms with van der Waals surface area (Å²) in [6.07, 6.45) is 1.99. The zero-order valence-corrected chi connectivity index (χ0v) is 14.6. The molecule has 1 N–H and O–H groups in total. The maximum Gasteiger partial charge on any atom is 0.277 e. The van der Waals surface area contributed by atoms with Gasteiger partial charge in [-0.1, -0.05) is 28.7 Å². The molecule has 0 radical (unpaired) electrons. The van der Waals surface area contributed by atoms with Crippen LogP contribution in [0.25, 0.3) is 10.9 Å². The number of rotatable bonds is 5. The predicted octanol–water partition coefficient (Wildman–Crippen LogP) is 1.52. The van der Waals surface area contributed by atoms with Crippen LogP contribution in [0.5, 0.6) is 0 Å². The van der Waals surface area contributed by atoms with Gasteiger partial charge in [0.1, 0.15) is 16.6 Å². The average molecular weight is 372 g/mol. The number of hydrogen-bond acceptors (Lipinski definition) is 8. The topological polar surface area (TPSA) is 112 Å². The van der Waals surface area contributed by atoms with Gasteiger partial charge in [-0.3, -0.25) is 9.59 Å². The maximum atomic E-state index is 12.3. The highest BCUT2D eigenvalue weighted by Crippen LogP contribution is 2.31. The summed E-state index contributed by atoms with van der Waals surface area (Å²) in [4.78, 5) is 24.5. The zero-order valence-electron chi connectivity index (χ0n) is 13.8. The second kappa shape index (κ2) is 7.26. The van der Waals surface area contributed by atoms with E-state index in [-0.39, 0.29) is 30.5 Å². The van der Waals surface area contributed by atoms with Gasteiger partial charge in [0.25, 0.3) is 5.56 Å². The fourth-order valence-electron chi connectivity index (χ4n) is 2.75. The lowest BCUT2D eigenvalue weighted by Crippen LogP contribution is -2.26. The Labute approximate surface area is 152 Å². The molecule has 9 nitrogen and oxygen atoms in total. The van der Waals surface area contributed by atoms with Crippen molar-refractivity contribution in [3.05, 3.63) is 39.6 Å². The van der Waals surface area contributed by atoms with Crippen molar-refractivity contribution in [2.75, 3.05) is 11.9 Å². The number of carbonyl (C=O) groups is 1. The molecule has 1 aliphatic heterocycles. The summed E-state index contributed by atoms with van der Waals surface area (Å²) in [6.45, 7) is 0.868. The first kappa shape index (κ1) is 16.7. The highest BCUT2D eigenvalue weighted by atomic mass is 32.1. The van der Waals surface area contributed by atoms with Crippen molar-refractivity contribution < 1.29 is 9.53 Å². The van der Waals surface area contributed by atoms with Gasteiger partial charge in [0, 0.05) is 13.0 Å². The van der Waals surface area contributed by atoms with E-state index in [0.717, 1.165) is 24.5 Å². The molecular formula is C16H16N6O3S. The highest BCUT2D eigenvalue weighted by Gasteiger charge is 2.22. The van der Waals surface area contributed by atoms with Crippen LogP contribution < -0.4 is 10.9 Å². The van der Waals surface area contributed by atoms with Crippen molar-refractivity contribution in [1.29, 1.82) is 0 Å². The van der Waals surface area contributed by atoms with Gasteiger partial charge in [-0.15, -0.1) is 15.3 Å². The lowest BCUT2D eigenvalue weighted by atomic mass is 10.2. The molecule has 1 atom stereocenters. The summed E-state index contributed by atoms with van der Waals surface area (Å²) in [5.41, 5.74) is 0.272. The second-order valence-corrected chi connectivity index (χ2v) is 6.89. The van der Waals surface area contributed by atoms with Crippen molar-refractivity contribution in [3.8, 4) is 0 Å². The van der Waals surface area contributed by atoms with E-state index in [1.54, 1.807) is 24.3 Å². The number of aromatic nitrogens is 5. The van der Waals surface area contributed by atoms with Crippen LogP contribution in [-0.2, 0) is 16.1 Å². The lowest BCUT2D eigenvalue weighted by molar-refractivity contribution is -0.116. The van der Waals surface area contributed by atoms with Crippen LogP contribution in [0.2, 0.25) is 0 Å². The van der Waals surface area contributed by atoms with Crippen molar-refractivity contribution in [1.82, 2.24) is 25.2 Å². The van der Waals surface area contributed by atoms with E-state index in [1.807, 2.05) is 0 Å². The number of nitrogens with one attached hydrogen (secondary N) is 1. The Morgan fingerprint density at radius 1 is 1.31 bits per heavy atom. The van der Waals surface area contributed by atoms with Crippen LogP contribution in [0.4, 0.5) is 5.13 Å². The number of amides is 1. The summed E-state index contributed by atoms with van der Waals surface area (Å²) in [6, 6.07) is 6.98. The first-order chi connectivity index (χ1) is 12.7. The minimum Gasteiger partial charge on any atom is -0.371 e. The Morgan fingerprint density at radius 2 is 2.19 bits per heavy atom. The Kier molecular flexibility index (Phi) is 4.67. The summed E-state index contributed by atoms with van der Waals surface area (Å²) >= 11 is 1.31. The number of anilines is 1. The van der Waals surface area contributed by atoms with Gasteiger partial charge in [0.2, 0.25) is 11.0 Å². The first-order valence-electron chi connectivity index (χ1n) is 8.28. The molecule has 0 spiro atoms. The van der Waals surface area contributed by atoms with E-state index in [4.69, 9.17) is 4.74 Å². The molecule has 1 aromatic carbocycles. The van der Waals surface area contributed by atoms with Crippen LogP contribution in [0.1, 0.15) is 30.4 Å². The van der Waals surface area contributed by atoms with Gasteiger partial charge in [0.15, 0.2) is 0 Å². The second-order valence-electron chi connectivity index (χ2n) is 5.88. The maximum absolute atomic E-state index is 12.3. The third kappa shape index (κ3) is 3.46. The minimum absolute atomic E-state index is 0.0235. The molecule has 10 heteroatoms. The summed E-state index contributed by atoms with van der Waals surface area (Å²) in [5, 5.41) is 20.3. The zero-order chi connectivity index (χ0) is 17.9. The van der Waals surface area contributed by atoms with Crippen LogP contribution in [0, 0.1) is 0 Å². The summed E-state index contributed by atoms with van der Waals surface area (Å²) < 4.78 is 6.75. The Hall–Kier alpha value is -2.72. The van der Waals surface area contributed by atoms with E-state index in [2.05, 4.69) is 25.8 Å². The number of ether oxygens (including phenoxy) is 1. The lowest BCUT2D eigenvalue weighted by Gasteiger charge is -2.05. The van der Waals surface area contributed by atoms with E-state index in [0.29, 0.717) is 16.0 Å². The van der Waals surface area contributed by atoms with Gasteiger partial charge < -0.3 is 10.1 Å². The number of benzene rings is 1. The monoisotopic (exact) mass is 372 g/mol. The molecule has 3 heterocycles. The third-order valence-corrected chi connectivity index (χ3v) is 5.00. The van der Waals surface area contributed by atoms with Gasteiger partial charge in [-0.05, 0) is 25.0 Å². The van der Waals surface area contributed by atoms with Gasteiger partial charge in [0.05, 0.1) is 11.9 Å². The molecule has 4 rings (SSSR count). The van der Waals surface area contributed by atoms with Crippen LogP contribution in [-0.4, -0.2) is 37.7 Å². The van der Waals surface area contributed by atoms with Crippen LogP contribution in [0.3, 0.4) is 0 Å². The molecule has 1 saturated heterocycles. The van der Waals surface area contributed by atoms with E-state index < -0.39 is 0 Å². The van der Waals surface area contributed by atoms with Crippen molar-refractivity contribution in [2.24, 2.45) is 0 Å². The average Bonchev–Trinajstić information content (AvgIpc) is 3.33. The molecule has 1 aliphatic rings. The number of fused-ring (bicyclic) bond motifs is 1. The van der Waals surface area contributed by atoms with Crippen molar-refractivity contribution in [2.45, 2.75) is 31.9 Å². The molecule has 2 aromatic heterocycles. The molecule has 1 fully saturated rings. The number of carbonyl (C=O) groups excluding carboxylic acids is 1.